The van der Waals surface area contributed by atoms with Crippen LogP contribution in [-0.4, -0.2) is 25.2 Å². The molecule has 0 amide bonds. The zero-order valence-electron chi connectivity index (χ0n) is 11.5. The number of benzene rings is 1. The van der Waals surface area contributed by atoms with Crippen molar-refractivity contribution < 1.29 is 4.74 Å². The zero-order valence-corrected chi connectivity index (χ0v) is 12.3. The Morgan fingerprint density at radius 3 is 2.56 bits per heavy atom. The molecule has 1 unspecified atom stereocenters. The van der Waals surface area contributed by atoms with Gasteiger partial charge in [-0.15, -0.1) is 0 Å². The summed E-state index contributed by atoms with van der Waals surface area (Å²) in [6.07, 6.45) is 3.59. The van der Waals surface area contributed by atoms with Crippen molar-refractivity contribution in [3.63, 3.8) is 0 Å². The third kappa shape index (κ3) is 5.78. The standard InChI is InChI=1S/C15H25NOS/c1-3-18-10-4-5-14(12-16)11-13-6-8-15(17-2)9-7-13/h6-9,14H,3-5,10-12,16H2,1-2H3. The first-order chi connectivity index (χ1) is 8.80. The van der Waals surface area contributed by atoms with E-state index in [0.717, 1.165) is 18.7 Å². The molecule has 1 atom stereocenters. The maximum absolute atomic E-state index is 5.86. The van der Waals surface area contributed by atoms with Gasteiger partial charge in [0.1, 0.15) is 5.75 Å². The summed E-state index contributed by atoms with van der Waals surface area (Å²) in [6, 6.07) is 8.33. The molecule has 3 heteroatoms. The minimum absolute atomic E-state index is 0.607. The van der Waals surface area contributed by atoms with E-state index in [1.54, 1.807) is 7.11 Å². The molecule has 0 aliphatic carbocycles. The molecule has 18 heavy (non-hydrogen) atoms. The normalized spacial score (nSPS) is 12.4. The van der Waals surface area contributed by atoms with E-state index in [9.17, 15) is 0 Å². The van der Waals surface area contributed by atoms with Gasteiger partial charge in [-0.05, 0) is 60.9 Å². The summed E-state index contributed by atoms with van der Waals surface area (Å²) in [5.41, 5.74) is 7.22. The molecule has 0 spiro atoms. The maximum atomic E-state index is 5.86. The fourth-order valence-corrected chi connectivity index (χ4v) is 2.68. The predicted molar refractivity (Wildman–Crippen MR) is 81.5 cm³/mol. The Balaban J connectivity index is 2.36. The molecule has 1 aromatic rings. The van der Waals surface area contributed by atoms with Gasteiger partial charge in [0, 0.05) is 0 Å². The average Bonchev–Trinajstić information content (AvgIpc) is 2.43. The van der Waals surface area contributed by atoms with Gasteiger partial charge in [0.15, 0.2) is 0 Å². The molecule has 0 radical (unpaired) electrons. The van der Waals surface area contributed by atoms with Crippen LogP contribution in [-0.2, 0) is 6.42 Å². The molecule has 1 rings (SSSR count). The van der Waals surface area contributed by atoms with E-state index in [1.165, 1.54) is 29.9 Å². The number of ether oxygens (including phenoxy) is 1. The molecule has 0 fully saturated rings. The van der Waals surface area contributed by atoms with Gasteiger partial charge >= 0.3 is 0 Å². The van der Waals surface area contributed by atoms with Crippen LogP contribution in [0.2, 0.25) is 0 Å². The van der Waals surface area contributed by atoms with Crippen LogP contribution in [0.4, 0.5) is 0 Å². The molecule has 102 valence electrons. The Hall–Kier alpha value is -0.670. The fraction of sp³-hybridized carbons (Fsp3) is 0.600. The highest BCUT2D eigenvalue weighted by atomic mass is 32.2. The van der Waals surface area contributed by atoms with Crippen molar-refractivity contribution in [3.8, 4) is 5.75 Å². The second kappa shape index (κ2) is 9.29. The highest BCUT2D eigenvalue weighted by Crippen LogP contribution is 2.18. The molecule has 0 aliphatic heterocycles. The molecule has 0 saturated carbocycles. The van der Waals surface area contributed by atoms with Crippen LogP contribution >= 0.6 is 11.8 Å². The third-order valence-corrected chi connectivity index (χ3v) is 4.11. The Morgan fingerprint density at radius 1 is 1.28 bits per heavy atom. The fourth-order valence-electron chi connectivity index (χ4n) is 2.02. The zero-order chi connectivity index (χ0) is 13.2. The summed E-state index contributed by atoms with van der Waals surface area (Å²) in [4.78, 5) is 0. The number of nitrogens with two attached hydrogens (primary N) is 1. The number of hydrogen-bond donors (Lipinski definition) is 1. The molecule has 1 aromatic carbocycles. The molecule has 0 aromatic heterocycles. The highest BCUT2D eigenvalue weighted by molar-refractivity contribution is 7.99. The van der Waals surface area contributed by atoms with Crippen LogP contribution in [0.25, 0.3) is 0 Å². The molecular weight excluding hydrogens is 242 g/mol. The lowest BCUT2D eigenvalue weighted by molar-refractivity contribution is 0.414. The summed E-state index contributed by atoms with van der Waals surface area (Å²) in [5.74, 6) is 4.00. The smallest absolute Gasteiger partial charge is 0.118 e. The Bertz CT molecular complexity index is 313. The lowest BCUT2D eigenvalue weighted by Gasteiger charge is -2.14. The van der Waals surface area contributed by atoms with E-state index in [-0.39, 0.29) is 0 Å². The lowest BCUT2D eigenvalue weighted by Crippen LogP contribution is -2.17. The van der Waals surface area contributed by atoms with Gasteiger partial charge in [-0.1, -0.05) is 19.1 Å². The van der Waals surface area contributed by atoms with Gasteiger partial charge in [0.05, 0.1) is 7.11 Å². The summed E-state index contributed by atoms with van der Waals surface area (Å²) in [5, 5.41) is 0. The van der Waals surface area contributed by atoms with E-state index in [1.807, 2.05) is 23.9 Å². The maximum Gasteiger partial charge on any atom is 0.118 e. The first-order valence-electron chi connectivity index (χ1n) is 6.70. The van der Waals surface area contributed by atoms with E-state index in [0.29, 0.717) is 5.92 Å². The SMILES string of the molecule is CCSCCCC(CN)Cc1ccc(OC)cc1. The second-order valence-corrected chi connectivity index (χ2v) is 5.89. The largest absolute Gasteiger partial charge is 0.497 e. The van der Waals surface area contributed by atoms with Gasteiger partial charge in [-0.2, -0.15) is 11.8 Å². The summed E-state index contributed by atoms with van der Waals surface area (Å²) in [7, 11) is 1.70. The van der Waals surface area contributed by atoms with Gasteiger partial charge < -0.3 is 10.5 Å². The van der Waals surface area contributed by atoms with Crippen molar-refractivity contribution in [1.82, 2.24) is 0 Å². The average molecular weight is 267 g/mol. The molecular formula is C15H25NOS. The molecule has 0 saturated heterocycles. The topological polar surface area (TPSA) is 35.2 Å². The predicted octanol–water partition coefficient (Wildman–Crippen LogP) is 3.35. The molecule has 0 aliphatic rings. The van der Waals surface area contributed by atoms with Crippen LogP contribution in [0.5, 0.6) is 5.75 Å². The number of methoxy groups -OCH3 is 1. The number of thioether (sulfide) groups is 1. The monoisotopic (exact) mass is 267 g/mol. The van der Waals surface area contributed by atoms with Crippen molar-refractivity contribution in [2.75, 3.05) is 25.2 Å². The van der Waals surface area contributed by atoms with Crippen molar-refractivity contribution in [2.24, 2.45) is 11.7 Å². The number of rotatable bonds is 9. The highest BCUT2D eigenvalue weighted by Gasteiger charge is 2.07. The lowest BCUT2D eigenvalue weighted by atomic mass is 9.95. The van der Waals surface area contributed by atoms with Crippen LogP contribution in [0.15, 0.2) is 24.3 Å². The van der Waals surface area contributed by atoms with E-state index in [2.05, 4.69) is 19.1 Å². The van der Waals surface area contributed by atoms with Gasteiger partial charge in [-0.3, -0.25) is 0 Å². The first kappa shape index (κ1) is 15.4. The van der Waals surface area contributed by atoms with Crippen LogP contribution in [0.3, 0.4) is 0 Å². The van der Waals surface area contributed by atoms with Gasteiger partial charge in [0.2, 0.25) is 0 Å². The summed E-state index contributed by atoms with van der Waals surface area (Å²) < 4.78 is 5.16. The van der Waals surface area contributed by atoms with Crippen molar-refractivity contribution in [1.29, 1.82) is 0 Å². The van der Waals surface area contributed by atoms with Gasteiger partial charge in [-0.25, -0.2) is 0 Å². The van der Waals surface area contributed by atoms with Crippen molar-refractivity contribution >= 4 is 11.8 Å². The van der Waals surface area contributed by atoms with Gasteiger partial charge in [0.25, 0.3) is 0 Å². The van der Waals surface area contributed by atoms with Crippen LogP contribution in [0.1, 0.15) is 25.3 Å². The first-order valence-corrected chi connectivity index (χ1v) is 7.86. The van der Waals surface area contributed by atoms with E-state index in [4.69, 9.17) is 10.5 Å². The van der Waals surface area contributed by atoms with Crippen LogP contribution in [0, 0.1) is 5.92 Å². The summed E-state index contributed by atoms with van der Waals surface area (Å²) >= 11 is 2.01. The Kier molecular flexibility index (Phi) is 7.94. The Morgan fingerprint density at radius 2 is 2.00 bits per heavy atom. The van der Waals surface area contributed by atoms with E-state index >= 15 is 0 Å². The second-order valence-electron chi connectivity index (χ2n) is 4.49. The quantitative estimate of drug-likeness (QED) is 0.697. The Labute approximate surface area is 115 Å². The molecule has 2 nitrogen and oxygen atoms in total. The molecule has 2 N–H and O–H groups in total. The van der Waals surface area contributed by atoms with Crippen molar-refractivity contribution in [3.05, 3.63) is 29.8 Å². The van der Waals surface area contributed by atoms with Crippen LogP contribution < -0.4 is 10.5 Å². The third-order valence-electron chi connectivity index (χ3n) is 3.12. The summed E-state index contributed by atoms with van der Waals surface area (Å²) in [6.45, 7) is 2.99. The van der Waals surface area contributed by atoms with Crippen molar-refractivity contribution in [2.45, 2.75) is 26.2 Å². The number of hydrogen-bond acceptors (Lipinski definition) is 3. The minimum atomic E-state index is 0.607. The molecule has 0 bridgehead atoms. The minimum Gasteiger partial charge on any atom is -0.497 e. The van der Waals surface area contributed by atoms with E-state index < -0.39 is 0 Å². The molecule has 0 heterocycles.